The van der Waals surface area contributed by atoms with Crippen LogP contribution in [0.15, 0.2) is 24.3 Å². The summed E-state index contributed by atoms with van der Waals surface area (Å²) in [5.74, 6) is 0.824. The molecule has 2 atom stereocenters. The third kappa shape index (κ3) is 2.30. The lowest BCUT2D eigenvalue weighted by Crippen LogP contribution is -2.28. The van der Waals surface area contributed by atoms with Gasteiger partial charge >= 0.3 is 0 Å². The molecule has 0 spiro atoms. The largest absolute Gasteiger partial charge is 0.497 e. The minimum absolute atomic E-state index is 0.207. The van der Waals surface area contributed by atoms with Gasteiger partial charge in [0.2, 0.25) is 0 Å². The molecule has 0 aromatic heterocycles. The first-order valence-corrected chi connectivity index (χ1v) is 5.36. The average Bonchev–Trinajstić information content (AvgIpc) is 2.82. The molecule has 3 nitrogen and oxygen atoms in total. The molecule has 0 aliphatic carbocycles. The number of ether oxygens (including phenoxy) is 1. The molecular formula is C12H17NO2. The standard InChI is InChI=1S/C12H17NO2/c1-15-10-6-4-9(5-7-10)12(14)11-3-2-8-13-11/h4-7,11-14H,2-3,8H2,1H3/t11-,12?/m1/s1. The van der Waals surface area contributed by atoms with Crippen molar-refractivity contribution in [3.63, 3.8) is 0 Å². The first-order valence-electron chi connectivity index (χ1n) is 5.36. The predicted octanol–water partition coefficient (Wildman–Crippen LogP) is 1.48. The van der Waals surface area contributed by atoms with Crippen LogP contribution in [-0.2, 0) is 0 Å². The Morgan fingerprint density at radius 1 is 1.40 bits per heavy atom. The van der Waals surface area contributed by atoms with Gasteiger partial charge in [0.05, 0.1) is 13.2 Å². The van der Waals surface area contributed by atoms with Crippen molar-refractivity contribution in [2.45, 2.75) is 25.0 Å². The van der Waals surface area contributed by atoms with Crippen molar-refractivity contribution in [3.8, 4) is 5.75 Å². The Kier molecular flexibility index (Phi) is 3.23. The molecule has 1 saturated heterocycles. The van der Waals surface area contributed by atoms with Crippen LogP contribution >= 0.6 is 0 Å². The van der Waals surface area contributed by atoms with Crippen LogP contribution in [0.5, 0.6) is 5.75 Å². The van der Waals surface area contributed by atoms with Gasteiger partial charge in [-0.25, -0.2) is 0 Å². The molecule has 1 fully saturated rings. The van der Waals surface area contributed by atoms with Crippen molar-refractivity contribution in [2.75, 3.05) is 13.7 Å². The second kappa shape index (κ2) is 4.64. The second-order valence-corrected chi connectivity index (χ2v) is 3.92. The fourth-order valence-electron chi connectivity index (χ4n) is 2.01. The monoisotopic (exact) mass is 207 g/mol. The number of nitrogens with one attached hydrogen (secondary N) is 1. The third-order valence-electron chi connectivity index (χ3n) is 2.94. The minimum Gasteiger partial charge on any atom is -0.497 e. The van der Waals surface area contributed by atoms with E-state index in [9.17, 15) is 5.11 Å². The lowest BCUT2D eigenvalue weighted by atomic mass is 10.0. The number of methoxy groups -OCH3 is 1. The lowest BCUT2D eigenvalue weighted by Gasteiger charge is -2.18. The van der Waals surface area contributed by atoms with Gasteiger partial charge in [0.25, 0.3) is 0 Å². The topological polar surface area (TPSA) is 41.5 Å². The van der Waals surface area contributed by atoms with Crippen LogP contribution in [0.25, 0.3) is 0 Å². The van der Waals surface area contributed by atoms with Gasteiger partial charge in [0, 0.05) is 6.04 Å². The van der Waals surface area contributed by atoms with Crippen molar-refractivity contribution >= 4 is 0 Å². The molecule has 1 aliphatic heterocycles. The second-order valence-electron chi connectivity index (χ2n) is 3.92. The van der Waals surface area contributed by atoms with Gasteiger partial charge in [-0.1, -0.05) is 12.1 Å². The van der Waals surface area contributed by atoms with E-state index in [1.165, 1.54) is 0 Å². The summed E-state index contributed by atoms with van der Waals surface area (Å²) in [4.78, 5) is 0. The van der Waals surface area contributed by atoms with Crippen molar-refractivity contribution in [3.05, 3.63) is 29.8 Å². The molecule has 82 valence electrons. The van der Waals surface area contributed by atoms with Crippen molar-refractivity contribution in [2.24, 2.45) is 0 Å². The highest BCUT2D eigenvalue weighted by molar-refractivity contribution is 5.29. The first kappa shape index (κ1) is 10.5. The van der Waals surface area contributed by atoms with Crippen LogP contribution in [-0.4, -0.2) is 24.8 Å². The molecule has 1 heterocycles. The van der Waals surface area contributed by atoms with E-state index in [-0.39, 0.29) is 6.04 Å². The summed E-state index contributed by atoms with van der Waals surface area (Å²) >= 11 is 0. The number of aliphatic hydroxyl groups excluding tert-OH is 1. The molecule has 0 radical (unpaired) electrons. The number of hydrogen-bond acceptors (Lipinski definition) is 3. The van der Waals surface area contributed by atoms with E-state index in [1.54, 1.807) is 7.11 Å². The first-order chi connectivity index (χ1) is 7.31. The van der Waals surface area contributed by atoms with Crippen LogP contribution in [0.2, 0.25) is 0 Å². The Hall–Kier alpha value is -1.06. The maximum atomic E-state index is 10.1. The van der Waals surface area contributed by atoms with Gasteiger partial charge < -0.3 is 15.2 Å². The molecule has 15 heavy (non-hydrogen) atoms. The van der Waals surface area contributed by atoms with Crippen LogP contribution < -0.4 is 10.1 Å². The maximum Gasteiger partial charge on any atom is 0.118 e. The summed E-state index contributed by atoms with van der Waals surface area (Å²) in [6.07, 6.45) is 1.80. The van der Waals surface area contributed by atoms with Crippen molar-refractivity contribution in [1.29, 1.82) is 0 Å². The minimum atomic E-state index is -0.404. The summed E-state index contributed by atoms with van der Waals surface area (Å²) in [5.41, 5.74) is 0.954. The van der Waals surface area contributed by atoms with E-state index in [1.807, 2.05) is 24.3 Å². The lowest BCUT2D eigenvalue weighted by molar-refractivity contribution is 0.137. The average molecular weight is 207 g/mol. The summed E-state index contributed by atoms with van der Waals surface area (Å²) < 4.78 is 5.08. The zero-order valence-electron chi connectivity index (χ0n) is 8.94. The van der Waals surface area contributed by atoms with E-state index >= 15 is 0 Å². The Morgan fingerprint density at radius 3 is 2.67 bits per heavy atom. The summed E-state index contributed by atoms with van der Waals surface area (Å²) in [6.45, 7) is 1.01. The number of rotatable bonds is 3. The number of hydrogen-bond donors (Lipinski definition) is 2. The van der Waals surface area contributed by atoms with E-state index in [2.05, 4.69) is 5.32 Å². The molecule has 2 rings (SSSR count). The van der Waals surface area contributed by atoms with Crippen molar-refractivity contribution < 1.29 is 9.84 Å². The molecule has 1 aliphatic rings. The Labute approximate surface area is 90.1 Å². The molecule has 2 N–H and O–H groups in total. The van der Waals surface area contributed by atoms with E-state index in [0.29, 0.717) is 0 Å². The van der Waals surface area contributed by atoms with Gasteiger partial charge in [-0.05, 0) is 37.1 Å². The maximum absolute atomic E-state index is 10.1. The Morgan fingerprint density at radius 2 is 2.13 bits per heavy atom. The fourth-order valence-corrected chi connectivity index (χ4v) is 2.01. The Balaban J connectivity index is 2.07. The number of benzene rings is 1. The molecule has 1 unspecified atom stereocenters. The fraction of sp³-hybridized carbons (Fsp3) is 0.500. The van der Waals surface area contributed by atoms with E-state index < -0.39 is 6.10 Å². The van der Waals surface area contributed by atoms with E-state index in [0.717, 1.165) is 30.7 Å². The van der Waals surface area contributed by atoms with Crippen molar-refractivity contribution in [1.82, 2.24) is 5.32 Å². The normalized spacial score (nSPS) is 22.7. The van der Waals surface area contributed by atoms with Crippen LogP contribution in [0, 0.1) is 0 Å². The molecule has 1 aromatic carbocycles. The molecule has 3 heteroatoms. The van der Waals surface area contributed by atoms with Gasteiger partial charge in [-0.15, -0.1) is 0 Å². The van der Waals surface area contributed by atoms with E-state index in [4.69, 9.17) is 4.74 Å². The SMILES string of the molecule is COc1ccc(C(O)[C@H]2CCCN2)cc1. The summed E-state index contributed by atoms with van der Waals surface area (Å²) in [7, 11) is 1.64. The molecule has 1 aromatic rings. The predicted molar refractivity (Wildman–Crippen MR) is 59.0 cm³/mol. The van der Waals surface area contributed by atoms with Crippen LogP contribution in [0.1, 0.15) is 24.5 Å². The molecule has 0 bridgehead atoms. The Bertz CT molecular complexity index is 304. The molecule has 0 amide bonds. The third-order valence-corrected chi connectivity index (χ3v) is 2.94. The zero-order valence-corrected chi connectivity index (χ0v) is 8.94. The number of aliphatic hydroxyl groups is 1. The summed E-state index contributed by atoms with van der Waals surface area (Å²) in [5, 5.41) is 13.4. The zero-order chi connectivity index (χ0) is 10.7. The highest BCUT2D eigenvalue weighted by Gasteiger charge is 2.23. The highest BCUT2D eigenvalue weighted by Crippen LogP contribution is 2.24. The van der Waals surface area contributed by atoms with Crippen LogP contribution in [0.4, 0.5) is 0 Å². The summed E-state index contributed by atoms with van der Waals surface area (Å²) in [6, 6.07) is 7.81. The van der Waals surface area contributed by atoms with Gasteiger partial charge in [0.15, 0.2) is 0 Å². The molecule has 0 saturated carbocycles. The van der Waals surface area contributed by atoms with Gasteiger partial charge in [-0.3, -0.25) is 0 Å². The quantitative estimate of drug-likeness (QED) is 0.789. The van der Waals surface area contributed by atoms with Gasteiger partial charge in [-0.2, -0.15) is 0 Å². The molecular weight excluding hydrogens is 190 g/mol. The highest BCUT2D eigenvalue weighted by atomic mass is 16.5. The van der Waals surface area contributed by atoms with Crippen LogP contribution in [0.3, 0.4) is 0 Å². The smallest absolute Gasteiger partial charge is 0.118 e. The van der Waals surface area contributed by atoms with Gasteiger partial charge in [0.1, 0.15) is 5.75 Å².